The van der Waals surface area contributed by atoms with Crippen molar-refractivity contribution < 1.29 is 196 Å². The Hall–Kier alpha value is -7.42. The van der Waals surface area contributed by atoms with Crippen molar-refractivity contribution in [3.05, 3.63) is 397 Å². The third-order valence-electron chi connectivity index (χ3n) is 23.5. The van der Waals surface area contributed by atoms with Crippen molar-refractivity contribution in [2.24, 2.45) is 0 Å². The van der Waals surface area contributed by atoms with Gasteiger partial charge in [-0.1, -0.05) is 252 Å². The number of hydrogen-bond donors (Lipinski definition) is 0. The molecule has 0 nitrogen and oxygen atoms in total. The van der Waals surface area contributed by atoms with E-state index in [-0.39, 0.29) is 196 Å². The zero-order valence-corrected chi connectivity index (χ0v) is 85.1. The van der Waals surface area contributed by atoms with Gasteiger partial charge in [-0.15, -0.1) is 123 Å². The van der Waals surface area contributed by atoms with Crippen LogP contribution < -0.4 is 0 Å². The van der Waals surface area contributed by atoms with Crippen LogP contribution in [0.3, 0.4) is 0 Å². The van der Waals surface area contributed by atoms with E-state index in [4.69, 9.17) is 19.7 Å². The largest absolute Gasteiger partial charge is 0.292 e. The molecule has 24 rings (SSSR count). The molecule has 0 aromatic heterocycles. The van der Waals surface area contributed by atoms with Gasteiger partial charge in [-0.05, 0) is 222 Å². The summed E-state index contributed by atoms with van der Waals surface area (Å²) in [5, 5.41) is 47.1. The second-order valence-electron chi connectivity index (χ2n) is 30.3. The Morgan fingerprint density at radius 3 is 0.875 bits per heavy atom. The summed E-state index contributed by atoms with van der Waals surface area (Å²) >= 11 is 0. The molecule has 6 heteroatoms. The van der Waals surface area contributed by atoms with Gasteiger partial charge in [0.15, 0.2) is 0 Å². The van der Waals surface area contributed by atoms with E-state index < -0.39 is 0 Å². The first-order valence-corrected chi connectivity index (χ1v) is 39.3. The van der Waals surface area contributed by atoms with Crippen LogP contribution in [0, 0.1) is 58.7 Å². The number of hydrogen-bond acceptors (Lipinski definition) is 0. The molecule has 0 aliphatic rings. The topological polar surface area (TPSA) is 0 Å². The Kier molecular flexibility index (Phi) is 29.2. The Balaban J connectivity index is 0.000000123. The Morgan fingerprint density at radius 2 is 0.492 bits per heavy atom. The third-order valence-corrected chi connectivity index (χ3v) is 23.5. The van der Waals surface area contributed by atoms with Gasteiger partial charge in [0.2, 0.25) is 0 Å². The number of benzene rings is 24. The standard InChI is InChI=1S/3C21H15.3C17H11.6Y/c1-3-5-15-12-18-8-6-16-10-14(4-2)11-17-7-9-19(13-15)21(18)20(16)17;1-3-5-15-7-9-17-10-12-18-14(4-2)6-8-16-11-13-19(15)21(17)20(16)18;1-3-5-15-7-9-17-11-10-16-8-6-14(4-2)18-12-13-19(15)21(17)20(16)18;1-11-9-14-7-5-12-3-2-4-13-6-8-15(10-11)17(14)16(12)13;2*1-11-5-6-14-8-7-12-3-2-4-13-9-10-15(11)17(14)16(12)13;;;;;;/h3*2-13H,1H3;3-10H,1H3;2,4-10H,1H3;2-3,5-10H,1H3;;;;;;/q6*-1;;;;;;/b3*5-3+;;;;;;;;;. The first-order chi connectivity index (χ1) is 56.0. The molecule has 0 aliphatic heterocycles. The van der Waals surface area contributed by atoms with Gasteiger partial charge < -0.3 is 0 Å². The van der Waals surface area contributed by atoms with Crippen molar-refractivity contribution in [1.82, 2.24) is 0 Å². The van der Waals surface area contributed by atoms with E-state index in [1.165, 1.54) is 227 Å². The molecule has 0 saturated heterocycles. The summed E-state index contributed by atoms with van der Waals surface area (Å²) in [5.41, 5.74) is 11.0. The van der Waals surface area contributed by atoms with Gasteiger partial charge >= 0.3 is 0 Å². The molecule has 0 amide bonds. The first kappa shape index (κ1) is 90.3. The van der Waals surface area contributed by atoms with Crippen LogP contribution in [-0.2, 0) is 196 Å². The van der Waals surface area contributed by atoms with E-state index in [9.17, 15) is 0 Å². The van der Waals surface area contributed by atoms with Crippen LogP contribution in [0.4, 0.5) is 0 Å². The maximum atomic E-state index is 5.79. The van der Waals surface area contributed by atoms with Gasteiger partial charge in [0, 0.05) is 196 Å². The van der Waals surface area contributed by atoms with Crippen LogP contribution in [0.2, 0.25) is 0 Å². The maximum absolute atomic E-state index is 5.79. The quantitative estimate of drug-likeness (QED) is 0.115. The van der Waals surface area contributed by atoms with Crippen molar-refractivity contribution in [2.75, 3.05) is 0 Å². The van der Waals surface area contributed by atoms with Crippen LogP contribution in [0.5, 0.6) is 0 Å². The molecule has 0 N–H and O–H groups in total. The van der Waals surface area contributed by atoms with E-state index in [2.05, 4.69) is 375 Å². The Bertz CT molecular complexity index is 7580. The number of aryl methyl sites for hydroxylation is 3. The average molecular weight is 1980 g/mol. The van der Waals surface area contributed by atoms with Crippen molar-refractivity contribution >= 4 is 230 Å². The molecule has 0 unspecified atom stereocenters. The van der Waals surface area contributed by atoms with Gasteiger partial charge in [-0.25, -0.2) is 18.2 Å². The smallest absolute Gasteiger partial charge is 0 e. The van der Waals surface area contributed by atoms with Crippen molar-refractivity contribution in [2.45, 2.75) is 41.5 Å². The second-order valence-corrected chi connectivity index (χ2v) is 30.3. The molecule has 0 atom stereocenters. The van der Waals surface area contributed by atoms with Gasteiger partial charge in [0.1, 0.15) is 0 Å². The van der Waals surface area contributed by atoms with E-state index in [0.29, 0.717) is 0 Å². The maximum Gasteiger partial charge on any atom is 0 e. The summed E-state index contributed by atoms with van der Waals surface area (Å²) in [7, 11) is 0. The van der Waals surface area contributed by atoms with Gasteiger partial charge in [-0.3, -0.25) is 19.7 Å². The van der Waals surface area contributed by atoms with Crippen LogP contribution in [0.15, 0.2) is 309 Å². The number of rotatable bonds is 6. The third kappa shape index (κ3) is 16.5. The molecule has 0 heterocycles. The molecular weight excluding hydrogens is 1900 g/mol. The fraction of sp³-hybridized carbons (Fsp3) is 0.0526. The van der Waals surface area contributed by atoms with E-state index >= 15 is 0 Å². The van der Waals surface area contributed by atoms with Crippen molar-refractivity contribution in [1.29, 1.82) is 0 Å². The average Bonchev–Trinajstić information content (AvgIpc) is 0.808. The van der Waals surface area contributed by atoms with E-state index in [1.807, 2.05) is 12.1 Å². The molecule has 0 aliphatic carbocycles. The minimum absolute atomic E-state index is 0. The summed E-state index contributed by atoms with van der Waals surface area (Å²) in [6.07, 6.45) is 17.8. The van der Waals surface area contributed by atoms with Crippen molar-refractivity contribution in [3.8, 4) is 0 Å². The van der Waals surface area contributed by atoms with Crippen LogP contribution >= 0.6 is 0 Å². The predicted molar refractivity (Wildman–Crippen MR) is 502 cm³/mol. The molecule has 558 valence electrons. The molecular formula is C114H78Y6-6. The molecule has 0 bridgehead atoms. The molecule has 24 aromatic carbocycles. The SMILES string of the molecule is Cc1cc2ccc3c[c-]cc4ccc(c1)c2c34.Cc1ccc2ccc3[c-]ccc4ccc1c2c34.Cc1ccc2ccc3cc[c-]c4ccc1c2c43.[CH-]=Cc1cc2ccc3cc(/C=C/C)cc4ccc(c1)c2c34.[CH-]=Cc1ccc2ccc3c(/C=C/C)ccc4ccc1c2c43.[CH-]=Cc1ccc2ccc3ccc(/C=C/C)c4ccc1c2c34.[Y].[Y].[Y].[Y].[Y].[Y]. The fourth-order valence-corrected chi connectivity index (χ4v) is 18.3. The van der Waals surface area contributed by atoms with Gasteiger partial charge in [0.25, 0.3) is 0 Å². The molecule has 0 fully saturated rings. The minimum atomic E-state index is 0. The predicted octanol–water partition coefficient (Wildman–Crippen LogP) is 32.3. The molecule has 120 heavy (non-hydrogen) atoms. The van der Waals surface area contributed by atoms with Gasteiger partial charge in [-0.2, -0.15) is 34.9 Å². The zero-order valence-electron chi connectivity index (χ0n) is 68.1. The second kappa shape index (κ2) is 38.8. The van der Waals surface area contributed by atoms with Crippen LogP contribution in [-0.4, -0.2) is 0 Å². The van der Waals surface area contributed by atoms with Crippen molar-refractivity contribution in [3.63, 3.8) is 0 Å². The van der Waals surface area contributed by atoms with Crippen LogP contribution in [0.1, 0.15) is 70.8 Å². The van der Waals surface area contributed by atoms with E-state index in [0.717, 1.165) is 16.7 Å². The fourth-order valence-electron chi connectivity index (χ4n) is 18.3. The summed E-state index contributed by atoms with van der Waals surface area (Å²) in [6.45, 7) is 29.9. The molecule has 6 radical (unpaired) electrons. The molecule has 0 spiro atoms. The normalized spacial score (nSPS) is 11.3. The molecule has 24 aromatic rings. The summed E-state index contributed by atoms with van der Waals surface area (Å²) in [4.78, 5) is 0. The first-order valence-electron chi connectivity index (χ1n) is 39.3. The zero-order chi connectivity index (χ0) is 77.4. The minimum Gasteiger partial charge on any atom is -0.292 e. The Labute approximate surface area is 853 Å². The van der Waals surface area contributed by atoms with Gasteiger partial charge in [0.05, 0.1) is 0 Å². The summed E-state index contributed by atoms with van der Waals surface area (Å²) in [6, 6.07) is 115. The summed E-state index contributed by atoms with van der Waals surface area (Å²) in [5.74, 6) is 0. The molecule has 0 saturated carbocycles. The van der Waals surface area contributed by atoms with E-state index in [1.54, 1.807) is 18.2 Å². The van der Waals surface area contributed by atoms with Crippen LogP contribution in [0.25, 0.3) is 230 Å². The Morgan fingerprint density at radius 1 is 0.225 bits per heavy atom. The number of allylic oxidation sites excluding steroid dienone is 3. The monoisotopic (exact) mass is 1980 g/mol. The summed E-state index contributed by atoms with van der Waals surface area (Å²) < 4.78 is 0.